The maximum atomic E-state index is 2.68. The van der Waals surface area contributed by atoms with Crippen LogP contribution in [0, 0.1) is 5.92 Å². The third-order valence-electron chi connectivity index (χ3n) is 13.3. The van der Waals surface area contributed by atoms with Crippen LogP contribution in [0.3, 0.4) is 0 Å². The molecule has 2 unspecified atom stereocenters. The zero-order chi connectivity index (χ0) is 38.8. The van der Waals surface area contributed by atoms with Gasteiger partial charge in [-0.05, 0) is 127 Å². The van der Waals surface area contributed by atoms with Crippen molar-refractivity contribution in [1.82, 2.24) is 4.57 Å². The fourth-order valence-corrected chi connectivity index (χ4v) is 10.5. The SMILES string of the molecule is CC1C=CC=C2c3cc(-c4ccc5c(c4)c4ccccc4n5-c4ccc(-c5ccc6ccccc6c5)cc4)cc4c3N(c3cc5ccccc5cc3-c3ccccc3-4)C21. The molecule has 2 aliphatic heterocycles. The van der Waals surface area contributed by atoms with E-state index in [-0.39, 0.29) is 6.04 Å². The first-order valence-corrected chi connectivity index (χ1v) is 20.8. The van der Waals surface area contributed by atoms with E-state index in [1.165, 1.54) is 110 Å². The second-order valence-corrected chi connectivity index (χ2v) is 16.6. The summed E-state index contributed by atoms with van der Waals surface area (Å²) < 4.78 is 2.43. The zero-order valence-electron chi connectivity index (χ0n) is 32.6. The fraction of sp³-hybridized carbons (Fsp3) is 0.0526. The van der Waals surface area contributed by atoms with Crippen LogP contribution in [0.4, 0.5) is 11.4 Å². The molecule has 2 nitrogen and oxygen atoms in total. The lowest BCUT2D eigenvalue weighted by atomic mass is 9.85. The van der Waals surface area contributed by atoms with Gasteiger partial charge >= 0.3 is 0 Å². The molecule has 0 saturated carbocycles. The van der Waals surface area contributed by atoms with E-state index in [0.29, 0.717) is 5.92 Å². The van der Waals surface area contributed by atoms with Crippen molar-refractivity contribution in [2.45, 2.75) is 13.0 Å². The van der Waals surface area contributed by atoms with Gasteiger partial charge in [0.2, 0.25) is 0 Å². The average molecular weight is 751 g/mol. The lowest BCUT2D eigenvalue weighted by Crippen LogP contribution is -2.33. The summed E-state index contributed by atoms with van der Waals surface area (Å²) in [6.07, 6.45) is 7.01. The van der Waals surface area contributed by atoms with Gasteiger partial charge in [-0.25, -0.2) is 0 Å². The Kier molecular flexibility index (Phi) is 6.80. The second-order valence-electron chi connectivity index (χ2n) is 16.6. The average Bonchev–Trinajstić information content (AvgIpc) is 3.78. The molecule has 0 radical (unpaired) electrons. The molecule has 1 aromatic heterocycles. The van der Waals surface area contributed by atoms with Crippen LogP contribution in [0.5, 0.6) is 0 Å². The third kappa shape index (κ3) is 4.75. The smallest absolute Gasteiger partial charge is 0.0658 e. The van der Waals surface area contributed by atoms with Crippen LogP contribution in [-0.4, -0.2) is 10.6 Å². The molecule has 1 aliphatic carbocycles. The van der Waals surface area contributed by atoms with Crippen molar-refractivity contribution in [3.05, 3.63) is 206 Å². The maximum absolute atomic E-state index is 2.68. The molecule has 276 valence electrons. The van der Waals surface area contributed by atoms with Crippen LogP contribution < -0.4 is 4.90 Å². The van der Waals surface area contributed by atoms with Gasteiger partial charge in [0, 0.05) is 33.2 Å². The van der Waals surface area contributed by atoms with Gasteiger partial charge in [0.05, 0.1) is 28.5 Å². The molecule has 0 spiro atoms. The molecule has 0 amide bonds. The van der Waals surface area contributed by atoms with Gasteiger partial charge in [0.15, 0.2) is 0 Å². The van der Waals surface area contributed by atoms with Crippen LogP contribution in [0.15, 0.2) is 200 Å². The van der Waals surface area contributed by atoms with Crippen molar-refractivity contribution in [2.24, 2.45) is 5.92 Å². The zero-order valence-corrected chi connectivity index (χ0v) is 32.6. The second kappa shape index (κ2) is 12.3. The highest BCUT2D eigenvalue weighted by Gasteiger charge is 2.43. The highest BCUT2D eigenvalue weighted by atomic mass is 15.2. The number of allylic oxidation sites excluding steroid dienone is 2. The van der Waals surface area contributed by atoms with E-state index in [4.69, 9.17) is 0 Å². The Morgan fingerprint density at radius 2 is 1.05 bits per heavy atom. The molecule has 13 rings (SSSR count). The van der Waals surface area contributed by atoms with Crippen LogP contribution in [0.2, 0.25) is 0 Å². The molecule has 0 N–H and O–H groups in total. The number of rotatable bonds is 3. The van der Waals surface area contributed by atoms with Crippen molar-refractivity contribution in [3.8, 4) is 50.2 Å². The molecule has 3 heterocycles. The highest BCUT2D eigenvalue weighted by Crippen LogP contribution is 2.59. The summed E-state index contributed by atoms with van der Waals surface area (Å²) in [5.41, 5.74) is 19.0. The molecule has 0 fully saturated rings. The molecule has 9 aromatic carbocycles. The van der Waals surface area contributed by atoms with Crippen LogP contribution in [-0.2, 0) is 0 Å². The lowest BCUT2D eigenvalue weighted by molar-refractivity contribution is 0.637. The normalized spacial score (nSPS) is 16.2. The van der Waals surface area contributed by atoms with Crippen molar-refractivity contribution in [2.75, 3.05) is 4.90 Å². The summed E-state index contributed by atoms with van der Waals surface area (Å²) in [5, 5.41) is 7.59. The van der Waals surface area contributed by atoms with Gasteiger partial charge < -0.3 is 9.47 Å². The Morgan fingerprint density at radius 1 is 0.424 bits per heavy atom. The first-order chi connectivity index (χ1) is 29.2. The van der Waals surface area contributed by atoms with E-state index < -0.39 is 0 Å². The molecular formula is C57H38N2. The first-order valence-electron chi connectivity index (χ1n) is 20.8. The largest absolute Gasteiger partial charge is 0.332 e. The number of para-hydroxylation sites is 1. The molecule has 10 aromatic rings. The third-order valence-corrected chi connectivity index (χ3v) is 13.3. The van der Waals surface area contributed by atoms with Gasteiger partial charge in [0.1, 0.15) is 0 Å². The summed E-state index contributed by atoms with van der Waals surface area (Å²) in [6.45, 7) is 2.38. The molecule has 3 aliphatic rings. The van der Waals surface area contributed by atoms with Gasteiger partial charge in [0.25, 0.3) is 0 Å². The summed E-state index contributed by atoms with van der Waals surface area (Å²) in [6, 6.07) is 68.2. The van der Waals surface area contributed by atoms with E-state index >= 15 is 0 Å². The maximum Gasteiger partial charge on any atom is 0.0658 e. The van der Waals surface area contributed by atoms with Gasteiger partial charge in [-0.3, -0.25) is 0 Å². The molecule has 0 saturated heterocycles. The fourth-order valence-electron chi connectivity index (χ4n) is 10.5. The minimum absolute atomic E-state index is 0.214. The molecular weight excluding hydrogens is 713 g/mol. The predicted octanol–water partition coefficient (Wildman–Crippen LogP) is 15.2. The van der Waals surface area contributed by atoms with E-state index in [1.54, 1.807) is 0 Å². The molecule has 2 atom stereocenters. The topological polar surface area (TPSA) is 8.17 Å². The van der Waals surface area contributed by atoms with Gasteiger partial charge in [-0.1, -0.05) is 146 Å². The van der Waals surface area contributed by atoms with Crippen LogP contribution >= 0.6 is 0 Å². The van der Waals surface area contributed by atoms with Crippen LogP contribution in [0.25, 0.3) is 99.1 Å². The molecule has 59 heavy (non-hydrogen) atoms. The van der Waals surface area contributed by atoms with Crippen molar-refractivity contribution >= 4 is 60.3 Å². The van der Waals surface area contributed by atoms with Crippen molar-refractivity contribution in [3.63, 3.8) is 0 Å². The first kappa shape index (κ1) is 32.6. The lowest BCUT2D eigenvalue weighted by Gasteiger charge is -2.34. The van der Waals surface area contributed by atoms with Gasteiger partial charge in [-0.15, -0.1) is 0 Å². The number of benzene rings is 9. The minimum atomic E-state index is 0.214. The van der Waals surface area contributed by atoms with E-state index in [9.17, 15) is 0 Å². The highest BCUT2D eigenvalue weighted by molar-refractivity contribution is 6.13. The quantitative estimate of drug-likeness (QED) is 0.175. The van der Waals surface area contributed by atoms with Gasteiger partial charge in [-0.2, -0.15) is 0 Å². The summed E-state index contributed by atoms with van der Waals surface area (Å²) in [7, 11) is 0. The van der Waals surface area contributed by atoms with E-state index in [2.05, 4.69) is 217 Å². The number of nitrogens with zero attached hydrogens (tertiary/aromatic N) is 2. The van der Waals surface area contributed by atoms with Crippen LogP contribution in [0.1, 0.15) is 12.5 Å². The Labute approximate surface area is 343 Å². The number of aromatic nitrogens is 1. The Hall–Kier alpha value is -7.42. The number of hydrogen-bond acceptors (Lipinski definition) is 1. The molecule has 2 heteroatoms. The minimum Gasteiger partial charge on any atom is -0.332 e. The van der Waals surface area contributed by atoms with E-state index in [1.807, 2.05) is 0 Å². The Balaban J connectivity index is 0.990. The van der Waals surface area contributed by atoms with E-state index in [0.717, 1.165) is 5.69 Å². The van der Waals surface area contributed by atoms with Crippen molar-refractivity contribution in [1.29, 1.82) is 0 Å². The summed E-state index contributed by atoms with van der Waals surface area (Å²) in [4.78, 5) is 2.68. The monoisotopic (exact) mass is 750 g/mol. The summed E-state index contributed by atoms with van der Waals surface area (Å²) >= 11 is 0. The summed E-state index contributed by atoms with van der Waals surface area (Å²) in [5.74, 6) is 0.350. The standard InChI is InChI=1S/C57H38N2/c1-35-11-10-19-48-52-33-43(32-51-46-17-7-6-16-45(46)49-30-39-14-4-5-15-40(39)34-55(49)59(56(35)48)57(51)52)42-25-28-54-50(31-42)47-18-8-9-20-53(47)58(54)44-26-23-37(24-27-44)41-22-21-36-12-2-3-13-38(36)29-41/h2-35,56H,1H3. The Morgan fingerprint density at radius 3 is 1.88 bits per heavy atom. The number of fused-ring (bicyclic) bond motifs is 13. The Bertz CT molecular complexity index is 3470. The molecule has 0 bridgehead atoms. The number of anilines is 2. The number of hydrogen-bond donors (Lipinski definition) is 0. The predicted molar refractivity (Wildman–Crippen MR) is 250 cm³/mol. The van der Waals surface area contributed by atoms with Crippen molar-refractivity contribution < 1.29 is 0 Å².